The quantitative estimate of drug-likeness (QED) is 0.617. The van der Waals surface area contributed by atoms with Gasteiger partial charge in [0.1, 0.15) is 0 Å². The van der Waals surface area contributed by atoms with E-state index in [0.29, 0.717) is 12.0 Å². The summed E-state index contributed by atoms with van der Waals surface area (Å²) in [6, 6.07) is 18.3. The van der Waals surface area contributed by atoms with Crippen LogP contribution >= 0.6 is 0 Å². The van der Waals surface area contributed by atoms with Crippen molar-refractivity contribution in [2.45, 2.75) is 19.0 Å². The molecule has 0 unspecified atom stereocenters. The van der Waals surface area contributed by atoms with Gasteiger partial charge in [0.25, 0.3) is 0 Å². The molecule has 0 aromatic heterocycles. The van der Waals surface area contributed by atoms with Gasteiger partial charge < -0.3 is 10.6 Å². The second-order valence-electron chi connectivity index (χ2n) is 6.89. The number of halogens is 3. The molecule has 0 fully saturated rings. The third-order valence-electron chi connectivity index (χ3n) is 4.69. The van der Waals surface area contributed by atoms with E-state index in [1.54, 1.807) is 0 Å². The summed E-state index contributed by atoms with van der Waals surface area (Å²) in [5, 5.41) is 7.28. The Morgan fingerprint density at radius 2 is 1.50 bits per heavy atom. The predicted octanol–water partition coefficient (Wildman–Crippen LogP) is 3.88. The minimum absolute atomic E-state index is 0.156. The lowest BCUT2D eigenvalue weighted by Gasteiger charge is -2.10. The Bertz CT molecular complexity index is 1030. The number of hydrogen-bond acceptors (Lipinski definition) is 2. The number of carbonyl (C=O) groups is 2. The fraction of sp³-hybridized carbons (Fsp3) is 0.217. The van der Waals surface area contributed by atoms with Gasteiger partial charge in [-0.3, -0.25) is 9.59 Å². The molecule has 3 aromatic rings. The molecule has 0 radical (unpaired) electrons. The van der Waals surface area contributed by atoms with Gasteiger partial charge in [-0.2, -0.15) is 13.2 Å². The molecule has 7 heteroatoms. The van der Waals surface area contributed by atoms with Crippen molar-refractivity contribution in [1.29, 1.82) is 0 Å². The highest BCUT2D eigenvalue weighted by atomic mass is 19.4. The highest BCUT2D eigenvalue weighted by Crippen LogP contribution is 2.29. The Morgan fingerprint density at radius 3 is 2.23 bits per heavy atom. The van der Waals surface area contributed by atoms with E-state index in [1.807, 2.05) is 42.5 Å². The summed E-state index contributed by atoms with van der Waals surface area (Å²) in [5.74, 6) is -0.613. The molecule has 0 aliphatic rings. The normalized spacial score (nSPS) is 11.3. The van der Waals surface area contributed by atoms with Gasteiger partial charge in [-0.15, -0.1) is 0 Å². The van der Waals surface area contributed by atoms with E-state index in [-0.39, 0.29) is 31.3 Å². The topological polar surface area (TPSA) is 58.2 Å². The predicted molar refractivity (Wildman–Crippen MR) is 109 cm³/mol. The molecule has 2 amide bonds. The maximum atomic E-state index is 12.6. The van der Waals surface area contributed by atoms with Gasteiger partial charge in [-0.25, -0.2) is 0 Å². The zero-order chi connectivity index (χ0) is 21.6. The van der Waals surface area contributed by atoms with Gasteiger partial charge in [0.15, 0.2) is 0 Å². The van der Waals surface area contributed by atoms with E-state index in [0.717, 1.165) is 28.5 Å². The Kier molecular flexibility index (Phi) is 6.72. The lowest BCUT2D eigenvalue weighted by atomic mass is 10.0. The SMILES string of the molecule is O=C(CNC(=O)Cc1cccc2ccccc12)NCCc1ccc(C(F)(F)F)cc1. The molecule has 0 saturated carbocycles. The fourth-order valence-electron chi connectivity index (χ4n) is 3.13. The zero-order valence-corrected chi connectivity index (χ0v) is 16.1. The number of benzene rings is 3. The molecule has 4 nitrogen and oxygen atoms in total. The summed E-state index contributed by atoms with van der Waals surface area (Å²) in [6.07, 6.45) is -3.80. The summed E-state index contributed by atoms with van der Waals surface area (Å²) < 4.78 is 37.7. The monoisotopic (exact) mass is 414 g/mol. The van der Waals surface area contributed by atoms with E-state index in [2.05, 4.69) is 10.6 Å². The number of amides is 2. The number of hydrogen-bond donors (Lipinski definition) is 2. The summed E-state index contributed by atoms with van der Waals surface area (Å²) >= 11 is 0. The average molecular weight is 414 g/mol. The van der Waals surface area contributed by atoms with E-state index in [9.17, 15) is 22.8 Å². The van der Waals surface area contributed by atoms with Gasteiger partial charge in [0.05, 0.1) is 18.5 Å². The van der Waals surface area contributed by atoms with Crippen molar-refractivity contribution >= 4 is 22.6 Å². The molecule has 0 aliphatic carbocycles. The van der Waals surface area contributed by atoms with E-state index in [1.165, 1.54) is 12.1 Å². The van der Waals surface area contributed by atoms with Crippen molar-refractivity contribution in [2.75, 3.05) is 13.1 Å². The fourth-order valence-corrected chi connectivity index (χ4v) is 3.13. The zero-order valence-electron chi connectivity index (χ0n) is 16.1. The van der Waals surface area contributed by atoms with Crippen LogP contribution in [0.15, 0.2) is 66.7 Å². The molecule has 0 saturated heterocycles. The molecule has 0 aliphatic heterocycles. The Labute approximate surface area is 172 Å². The first-order valence-corrected chi connectivity index (χ1v) is 9.49. The second kappa shape index (κ2) is 9.43. The highest BCUT2D eigenvalue weighted by molar-refractivity contribution is 5.91. The van der Waals surface area contributed by atoms with Crippen molar-refractivity contribution in [3.8, 4) is 0 Å². The lowest BCUT2D eigenvalue weighted by molar-refractivity contribution is -0.137. The van der Waals surface area contributed by atoms with Crippen LogP contribution in [0.5, 0.6) is 0 Å². The summed E-state index contributed by atoms with van der Waals surface area (Å²) in [6.45, 7) is 0.111. The molecule has 3 rings (SSSR count). The van der Waals surface area contributed by atoms with Crippen LogP contribution in [0.1, 0.15) is 16.7 Å². The number of alkyl halides is 3. The van der Waals surface area contributed by atoms with Crippen molar-refractivity contribution in [3.63, 3.8) is 0 Å². The van der Waals surface area contributed by atoms with Crippen LogP contribution in [0.2, 0.25) is 0 Å². The number of fused-ring (bicyclic) bond motifs is 1. The van der Waals surface area contributed by atoms with Gasteiger partial charge in [-0.05, 0) is 40.5 Å². The summed E-state index contributed by atoms with van der Waals surface area (Å²) in [5.41, 5.74) is 0.862. The van der Waals surface area contributed by atoms with Gasteiger partial charge in [-0.1, -0.05) is 54.6 Å². The molecule has 0 heterocycles. The maximum Gasteiger partial charge on any atom is 0.416 e. The molecule has 3 aromatic carbocycles. The van der Waals surface area contributed by atoms with Gasteiger partial charge in [0.2, 0.25) is 11.8 Å². The largest absolute Gasteiger partial charge is 0.416 e. The molecule has 30 heavy (non-hydrogen) atoms. The van der Waals surface area contributed by atoms with E-state index in [4.69, 9.17) is 0 Å². The molecule has 156 valence electrons. The second-order valence-corrected chi connectivity index (χ2v) is 6.89. The van der Waals surface area contributed by atoms with Crippen LogP contribution in [-0.4, -0.2) is 24.9 Å². The Morgan fingerprint density at radius 1 is 0.800 bits per heavy atom. The van der Waals surface area contributed by atoms with Crippen molar-refractivity contribution in [3.05, 3.63) is 83.4 Å². The number of nitrogens with one attached hydrogen (secondary N) is 2. The molecule has 0 atom stereocenters. The molecule has 0 bridgehead atoms. The van der Waals surface area contributed by atoms with E-state index < -0.39 is 11.7 Å². The first-order valence-electron chi connectivity index (χ1n) is 9.49. The van der Waals surface area contributed by atoms with Crippen molar-refractivity contribution < 1.29 is 22.8 Å². The molecule has 0 spiro atoms. The van der Waals surface area contributed by atoms with Crippen LogP contribution in [-0.2, 0) is 28.6 Å². The standard InChI is InChI=1S/C23H21F3N2O2/c24-23(25,26)19-10-8-16(9-11-19)12-13-27-22(30)15-28-21(29)14-18-6-3-5-17-4-1-2-7-20(17)18/h1-11H,12-15H2,(H,27,30)(H,28,29). The Hall–Kier alpha value is -3.35. The minimum Gasteiger partial charge on any atom is -0.354 e. The van der Waals surface area contributed by atoms with Crippen molar-refractivity contribution in [2.24, 2.45) is 0 Å². The molecule has 2 N–H and O–H groups in total. The van der Waals surface area contributed by atoms with Crippen molar-refractivity contribution in [1.82, 2.24) is 10.6 Å². The van der Waals surface area contributed by atoms with Gasteiger partial charge >= 0.3 is 6.18 Å². The number of carbonyl (C=O) groups excluding carboxylic acids is 2. The van der Waals surface area contributed by atoms with Crippen LogP contribution in [0.25, 0.3) is 10.8 Å². The smallest absolute Gasteiger partial charge is 0.354 e. The number of rotatable bonds is 7. The van der Waals surface area contributed by atoms with E-state index >= 15 is 0 Å². The lowest BCUT2D eigenvalue weighted by Crippen LogP contribution is -2.38. The first kappa shape index (κ1) is 21.4. The van der Waals surface area contributed by atoms with Crippen LogP contribution in [0, 0.1) is 0 Å². The van der Waals surface area contributed by atoms with Crippen LogP contribution < -0.4 is 10.6 Å². The molecular formula is C23H21F3N2O2. The maximum absolute atomic E-state index is 12.6. The third-order valence-corrected chi connectivity index (χ3v) is 4.69. The molecular weight excluding hydrogens is 393 g/mol. The average Bonchev–Trinajstić information content (AvgIpc) is 2.72. The van der Waals surface area contributed by atoms with Crippen LogP contribution in [0.4, 0.5) is 13.2 Å². The summed E-state index contributed by atoms with van der Waals surface area (Å²) in [7, 11) is 0. The third kappa shape index (κ3) is 5.83. The summed E-state index contributed by atoms with van der Waals surface area (Å²) in [4.78, 5) is 24.1. The Balaban J connectivity index is 1.41. The van der Waals surface area contributed by atoms with Crippen LogP contribution in [0.3, 0.4) is 0 Å². The highest BCUT2D eigenvalue weighted by Gasteiger charge is 2.29. The first-order chi connectivity index (χ1) is 14.3. The minimum atomic E-state index is -4.36. The van der Waals surface area contributed by atoms with Gasteiger partial charge in [0, 0.05) is 6.54 Å².